The van der Waals surface area contributed by atoms with E-state index in [9.17, 15) is 24.5 Å². The first kappa shape index (κ1) is 63.2. The lowest BCUT2D eigenvalue weighted by Crippen LogP contribution is -2.51. The fourth-order valence-corrected chi connectivity index (χ4v) is 8.36. The molecule has 0 aromatic carbocycles. The smallest absolute Gasteiger partial charge is 0.268 e. The summed E-state index contributed by atoms with van der Waals surface area (Å²) in [5.41, 5.74) is 0. The number of amides is 1. The van der Waals surface area contributed by atoms with Crippen molar-refractivity contribution in [1.29, 1.82) is 0 Å². The first-order valence-electron chi connectivity index (χ1n) is 26.7. The first-order chi connectivity index (χ1) is 31.4. The van der Waals surface area contributed by atoms with Crippen LogP contribution in [0.2, 0.25) is 0 Å². The molecule has 0 aromatic rings. The number of carbonyl (C=O) groups excluding carboxylic acids is 1. The summed E-state index contributed by atoms with van der Waals surface area (Å²) in [6.45, 7) is 4.32. The molecule has 0 saturated heterocycles. The highest BCUT2D eigenvalue weighted by molar-refractivity contribution is 7.45. The highest BCUT2D eigenvalue weighted by atomic mass is 31.2. The molecule has 0 saturated carbocycles. The Labute approximate surface area is 401 Å². The highest BCUT2D eigenvalue weighted by Gasteiger charge is 2.29. The van der Waals surface area contributed by atoms with Crippen molar-refractivity contribution in [1.82, 2.24) is 5.32 Å². The number of likely N-dealkylation sites (N-methyl/N-ethyl adjacent to an activating group) is 1. The minimum atomic E-state index is -4.67. The maximum Gasteiger partial charge on any atom is 0.268 e. The van der Waals surface area contributed by atoms with Gasteiger partial charge in [-0.25, -0.2) is 0 Å². The molecule has 0 radical (unpaired) electrons. The van der Waals surface area contributed by atoms with Crippen molar-refractivity contribution in [2.24, 2.45) is 0 Å². The molecule has 0 aliphatic rings. The summed E-state index contributed by atoms with van der Waals surface area (Å²) >= 11 is 0. The third kappa shape index (κ3) is 47.0. The van der Waals surface area contributed by atoms with Crippen LogP contribution in [0.5, 0.6) is 0 Å². The summed E-state index contributed by atoms with van der Waals surface area (Å²) in [5, 5.41) is 24.7. The number of allylic oxidation sites excluding steroid dienone is 10. The number of carbonyl (C=O) groups is 1. The van der Waals surface area contributed by atoms with E-state index in [1.807, 2.05) is 21.1 Å². The van der Waals surface area contributed by atoms with Gasteiger partial charge in [0.2, 0.25) is 5.91 Å². The van der Waals surface area contributed by atoms with Crippen LogP contribution in [0.4, 0.5) is 0 Å². The van der Waals surface area contributed by atoms with Crippen LogP contribution >= 0.6 is 7.82 Å². The Kier molecular flexibility index (Phi) is 44.6. The molecule has 1 amide bonds. The van der Waals surface area contributed by atoms with Crippen LogP contribution in [0.15, 0.2) is 60.8 Å². The average molecular weight is 935 g/mol. The van der Waals surface area contributed by atoms with E-state index >= 15 is 0 Å². The zero-order valence-electron chi connectivity index (χ0n) is 42.8. The van der Waals surface area contributed by atoms with Gasteiger partial charge in [0.15, 0.2) is 0 Å². The molecule has 380 valence electrons. The van der Waals surface area contributed by atoms with Gasteiger partial charge in [0, 0.05) is 6.42 Å². The summed E-state index contributed by atoms with van der Waals surface area (Å²) < 4.78 is 23.2. The third-order valence-corrected chi connectivity index (χ3v) is 12.8. The molecule has 0 heterocycles. The van der Waals surface area contributed by atoms with Crippen molar-refractivity contribution in [2.75, 3.05) is 40.9 Å². The van der Waals surface area contributed by atoms with Gasteiger partial charge >= 0.3 is 0 Å². The third-order valence-electron chi connectivity index (χ3n) is 11.9. The quantitative estimate of drug-likeness (QED) is 0.0240. The Morgan fingerprint density at radius 3 is 1.42 bits per heavy atom. The Morgan fingerprint density at radius 1 is 0.569 bits per heavy atom. The van der Waals surface area contributed by atoms with Crippen molar-refractivity contribution in [3.8, 4) is 0 Å². The minimum Gasteiger partial charge on any atom is -0.756 e. The van der Waals surface area contributed by atoms with E-state index in [1.54, 1.807) is 0 Å². The highest BCUT2D eigenvalue weighted by Crippen LogP contribution is 2.38. The summed E-state index contributed by atoms with van der Waals surface area (Å²) in [6.07, 6.45) is 57.0. The summed E-state index contributed by atoms with van der Waals surface area (Å²) in [5.74, 6) is -0.281. The lowest BCUT2D eigenvalue weighted by atomic mass is 9.99. The average Bonchev–Trinajstić information content (AvgIpc) is 3.26. The van der Waals surface area contributed by atoms with Gasteiger partial charge in [-0.1, -0.05) is 222 Å². The lowest BCUT2D eigenvalue weighted by molar-refractivity contribution is -0.870. The Balaban J connectivity index is 4.21. The minimum absolute atomic E-state index is 0.0423. The fraction of sp³-hybridized carbons (Fsp3) is 0.800. The van der Waals surface area contributed by atoms with Gasteiger partial charge in [-0.05, 0) is 57.8 Å². The van der Waals surface area contributed by atoms with Crippen molar-refractivity contribution in [3.05, 3.63) is 60.8 Å². The Morgan fingerprint density at radius 2 is 0.969 bits per heavy atom. The van der Waals surface area contributed by atoms with E-state index in [0.29, 0.717) is 23.9 Å². The topological polar surface area (TPSA) is 128 Å². The zero-order valence-corrected chi connectivity index (χ0v) is 43.7. The van der Waals surface area contributed by atoms with Gasteiger partial charge in [0.05, 0.1) is 39.9 Å². The normalized spacial score (nSPS) is 15.0. The van der Waals surface area contributed by atoms with E-state index in [4.69, 9.17) is 9.05 Å². The van der Waals surface area contributed by atoms with Gasteiger partial charge in [0.25, 0.3) is 7.82 Å². The number of nitrogens with zero attached hydrogens (tertiary/aromatic N) is 1. The largest absolute Gasteiger partial charge is 0.756 e. The molecule has 0 bridgehead atoms. The van der Waals surface area contributed by atoms with Crippen molar-refractivity contribution in [3.63, 3.8) is 0 Å². The molecule has 10 heteroatoms. The summed E-state index contributed by atoms with van der Waals surface area (Å²) in [6, 6.07) is -1.08. The van der Waals surface area contributed by atoms with E-state index in [0.717, 1.165) is 70.6 Å². The second-order valence-electron chi connectivity index (χ2n) is 19.3. The number of rotatable bonds is 48. The van der Waals surface area contributed by atoms with Crippen LogP contribution in [-0.2, 0) is 18.4 Å². The van der Waals surface area contributed by atoms with Crippen molar-refractivity contribution >= 4 is 13.7 Å². The lowest BCUT2D eigenvalue weighted by Gasteiger charge is -2.31. The second-order valence-corrected chi connectivity index (χ2v) is 20.8. The number of hydrogen-bond acceptors (Lipinski definition) is 7. The van der Waals surface area contributed by atoms with E-state index < -0.39 is 32.7 Å². The van der Waals surface area contributed by atoms with Crippen LogP contribution in [0.3, 0.4) is 0 Å². The van der Waals surface area contributed by atoms with Gasteiger partial charge in [-0.15, -0.1) is 0 Å². The number of nitrogens with one attached hydrogen (secondary N) is 1. The first-order valence-corrected chi connectivity index (χ1v) is 28.2. The summed E-state index contributed by atoms with van der Waals surface area (Å²) in [4.78, 5) is 25.5. The van der Waals surface area contributed by atoms with Crippen molar-refractivity contribution < 1.29 is 38.0 Å². The molecule has 0 rings (SSSR count). The Bertz CT molecular complexity index is 1260. The summed E-state index contributed by atoms with van der Waals surface area (Å²) in [7, 11) is 1.12. The number of hydrogen-bond donors (Lipinski definition) is 3. The van der Waals surface area contributed by atoms with Crippen LogP contribution in [0, 0.1) is 0 Å². The number of aliphatic hydroxyl groups excluding tert-OH is 2. The molecule has 4 unspecified atom stereocenters. The van der Waals surface area contributed by atoms with Gasteiger partial charge < -0.3 is 34.0 Å². The predicted octanol–water partition coefficient (Wildman–Crippen LogP) is 14.1. The molecule has 65 heavy (non-hydrogen) atoms. The standard InChI is InChI=1S/C55H103N2O7P/c1-6-8-10-12-14-16-18-20-21-22-23-24-25-26-27-28-29-30-31-32-33-34-35-36-38-40-42-44-46-48-54(59)56-52(51-64-65(61,62)63-50-49-57(3,4)5)55(60)53(58)47-45-43-41-39-37-19-17-15-13-11-9-7-2/h8,10,14,16,20-21,23-24,26-27,52-53,55,58,60H,6-7,9,11-13,15,17-19,22,25,28-51H2,1-5H3,(H-,56,59,61,62)/b10-8-,16-14-,21-20-,24-23-,27-26-. The van der Waals surface area contributed by atoms with Gasteiger partial charge in [-0.2, -0.15) is 0 Å². The molecular formula is C55H103N2O7P. The number of aliphatic hydroxyl groups is 2. The zero-order chi connectivity index (χ0) is 48.0. The number of phosphoric ester groups is 1. The van der Waals surface area contributed by atoms with Crippen LogP contribution < -0.4 is 10.2 Å². The molecular weight excluding hydrogens is 832 g/mol. The number of unbranched alkanes of at least 4 members (excludes halogenated alkanes) is 24. The molecule has 0 aliphatic carbocycles. The van der Waals surface area contributed by atoms with Crippen LogP contribution in [-0.4, -0.2) is 79.8 Å². The molecule has 9 nitrogen and oxygen atoms in total. The molecule has 0 aromatic heterocycles. The molecule has 4 atom stereocenters. The maximum atomic E-state index is 13.0. The predicted molar refractivity (Wildman–Crippen MR) is 276 cm³/mol. The number of phosphoric acid groups is 1. The van der Waals surface area contributed by atoms with Gasteiger partial charge in [0.1, 0.15) is 19.3 Å². The van der Waals surface area contributed by atoms with Gasteiger partial charge in [-0.3, -0.25) is 9.36 Å². The van der Waals surface area contributed by atoms with E-state index in [-0.39, 0.29) is 18.9 Å². The van der Waals surface area contributed by atoms with E-state index in [2.05, 4.69) is 79.9 Å². The maximum absolute atomic E-state index is 13.0. The number of quaternary nitrogens is 1. The molecule has 0 aliphatic heterocycles. The van der Waals surface area contributed by atoms with E-state index in [1.165, 1.54) is 122 Å². The van der Waals surface area contributed by atoms with Crippen LogP contribution in [0.1, 0.15) is 226 Å². The molecule has 3 N–H and O–H groups in total. The Hall–Kier alpha value is -1.84. The monoisotopic (exact) mass is 935 g/mol. The molecule has 0 spiro atoms. The van der Waals surface area contributed by atoms with Crippen molar-refractivity contribution in [2.45, 2.75) is 244 Å². The van der Waals surface area contributed by atoms with Crippen LogP contribution in [0.25, 0.3) is 0 Å². The SMILES string of the molecule is CC/C=C\C/C=C\C/C=C\C/C=C\C/C=C\CCCCCCCCCCCCCCCC(=O)NC(COP(=O)([O-])OCC[N+](C)(C)C)C(O)C(O)CCCCCCCCCCCCCC. The second kappa shape index (κ2) is 45.9. The fourth-order valence-electron chi connectivity index (χ4n) is 7.63. The molecule has 0 fully saturated rings.